The first kappa shape index (κ1) is 14.2. The molecule has 0 unspecified atom stereocenters. The van der Waals surface area contributed by atoms with Crippen LogP contribution in [0.5, 0.6) is 0 Å². The van der Waals surface area contributed by atoms with Crippen molar-refractivity contribution in [3.05, 3.63) is 52.5 Å². The van der Waals surface area contributed by atoms with Crippen molar-refractivity contribution in [2.24, 2.45) is 0 Å². The maximum Gasteiger partial charge on any atom is 0.255 e. The highest BCUT2D eigenvalue weighted by Gasteiger charge is 2.16. The number of rotatable bonds is 2. The Bertz CT molecular complexity index is 733. The van der Waals surface area contributed by atoms with Gasteiger partial charge in [0.15, 0.2) is 0 Å². The van der Waals surface area contributed by atoms with E-state index < -0.39 is 0 Å². The molecule has 0 saturated carbocycles. The van der Waals surface area contributed by atoms with Gasteiger partial charge in [0.2, 0.25) is 5.91 Å². The molecule has 6 heteroatoms. The Labute approximate surface area is 134 Å². The molecule has 21 heavy (non-hydrogen) atoms. The zero-order valence-corrected chi connectivity index (χ0v) is 13.3. The standard InChI is InChI=1S/C15H11BrN2O2S/c16-10-3-1-2-9(6-10)15(20)17-11-4-5-13-12(7-11)18-14(19)8-21-13/h1-7H,8H2,(H,17,20)(H,18,19). The Kier molecular flexibility index (Phi) is 3.98. The summed E-state index contributed by atoms with van der Waals surface area (Å²) in [5, 5.41) is 5.63. The molecule has 0 saturated heterocycles. The van der Waals surface area contributed by atoms with Crippen LogP contribution in [-0.4, -0.2) is 17.6 Å². The van der Waals surface area contributed by atoms with Crippen LogP contribution in [0.15, 0.2) is 51.8 Å². The minimum Gasteiger partial charge on any atom is -0.324 e. The predicted octanol–water partition coefficient (Wildman–Crippen LogP) is 3.75. The van der Waals surface area contributed by atoms with E-state index in [1.807, 2.05) is 24.3 Å². The summed E-state index contributed by atoms with van der Waals surface area (Å²) in [7, 11) is 0. The number of nitrogens with one attached hydrogen (secondary N) is 2. The van der Waals surface area contributed by atoms with Gasteiger partial charge in [-0.2, -0.15) is 0 Å². The van der Waals surface area contributed by atoms with Gasteiger partial charge >= 0.3 is 0 Å². The molecule has 1 heterocycles. The number of anilines is 2. The predicted molar refractivity (Wildman–Crippen MR) is 87.9 cm³/mol. The van der Waals surface area contributed by atoms with Crippen molar-refractivity contribution >= 4 is 50.9 Å². The lowest BCUT2D eigenvalue weighted by Crippen LogP contribution is -2.19. The van der Waals surface area contributed by atoms with E-state index in [1.54, 1.807) is 18.2 Å². The zero-order valence-electron chi connectivity index (χ0n) is 10.9. The third kappa shape index (κ3) is 3.28. The van der Waals surface area contributed by atoms with Crippen LogP contribution in [0.1, 0.15) is 10.4 Å². The van der Waals surface area contributed by atoms with Gasteiger partial charge in [0.25, 0.3) is 5.91 Å². The van der Waals surface area contributed by atoms with E-state index in [0.717, 1.165) is 15.1 Å². The minimum atomic E-state index is -0.189. The lowest BCUT2D eigenvalue weighted by Gasteiger charge is -2.17. The van der Waals surface area contributed by atoms with Gasteiger partial charge in [-0.3, -0.25) is 9.59 Å². The average Bonchev–Trinajstić information content (AvgIpc) is 2.46. The number of hydrogen-bond donors (Lipinski definition) is 2. The number of carbonyl (C=O) groups is 2. The van der Waals surface area contributed by atoms with Crippen LogP contribution < -0.4 is 10.6 Å². The molecule has 1 aliphatic heterocycles. The second-order valence-electron chi connectivity index (χ2n) is 4.51. The molecule has 0 bridgehead atoms. The molecular formula is C15H11BrN2O2S. The number of hydrogen-bond acceptors (Lipinski definition) is 3. The van der Waals surface area contributed by atoms with Crippen molar-refractivity contribution in [3.8, 4) is 0 Å². The lowest BCUT2D eigenvalue weighted by atomic mass is 10.2. The van der Waals surface area contributed by atoms with Gasteiger partial charge < -0.3 is 10.6 Å². The lowest BCUT2D eigenvalue weighted by molar-refractivity contribution is -0.113. The summed E-state index contributed by atoms with van der Waals surface area (Å²) in [5.41, 5.74) is 1.96. The Balaban J connectivity index is 1.80. The van der Waals surface area contributed by atoms with Crippen LogP contribution in [0.25, 0.3) is 0 Å². The Hall–Kier alpha value is -1.79. The maximum atomic E-state index is 12.2. The third-order valence-corrected chi connectivity index (χ3v) is 4.52. The van der Waals surface area contributed by atoms with Gasteiger partial charge in [-0.1, -0.05) is 22.0 Å². The van der Waals surface area contributed by atoms with Crippen molar-refractivity contribution in [1.82, 2.24) is 0 Å². The molecule has 0 spiro atoms. The van der Waals surface area contributed by atoms with E-state index in [4.69, 9.17) is 0 Å². The van der Waals surface area contributed by atoms with Gasteiger partial charge in [0.05, 0.1) is 11.4 Å². The number of fused-ring (bicyclic) bond motifs is 1. The normalized spacial score (nSPS) is 13.3. The molecule has 1 aliphatic rings. The Morgan fingerprint density at radius 3 is 2.90 bits per heavy atom. The molecule has 2 aromatic rings. The third-order valence-electron chi connectivity index (χ3n) is 2.96. The molecule has 106 valence electrons. The van der Waals surface area contributed by atoms with Crippen LogP contribution in [0.2, 0.25) is 0 Å². The van der Waals surface area contributed by atoms with Crippen molar-refractivity contribution in [3.63, 3.8) is 0 Å². The van der Waals surface area contributed by atoms with E-state index in [0.29, 0.717) is 17.0 Å². The van der Waals surface area contributed by atoms with Crippen LogP contribution in [0, 0.1) is 0 Å². The van der Waals surface area contributed by atoms with E-state index in [-0.39, 0.29) is 11.8 Å². The molecule has 2 aromatic carbocycles. The summed E-state index contributed by atoms with van der Waals surface area (Å²) < 4.78 is 0.851. The van der Waals surface area contributed by atoms with Gasteiger partial charge in [-0.15, -0.1) is 11.8 Å². The summed E-state index contributed by atoms with van der Waals surface area (Å²) in [5.74, 6) is 0.213. The molecule has 0 aromatic heterocycles. The van der Waals surface area contributed by atoms with Crippen LogP contribution in [0.4, 0.5) is 11.4 Å². The van der Waals surface area contributed by atoms with Crippen molar-refractivity contribution in [2.45, 2.75) is 4.90 Å². The first-order valence-electron chi connectivity index (χ1n) is 6.25. The summed E-state index contributed by atoms with van der Waals surface area (Å²) >= 11 is 4.83. The SMILES string of the molecule is O=C1CSc2ccc(NC(=O)c3cccc(Br)c3)cc2N1. The molecule has 2 N–H and O–H groups in total. The maximum absolute atomic E-state index is 12.2. The quantitative estimate of drug-likeness (QED) is 0.855. The van der Waals surface area contributed by atoms with Crippen LogP contribution in [0.3, 0.4) is 0 Å². The summed E-state index contributed by atoms with van der Waals surface area (Å²) in [6, 6.07) is 12.7. The van der Waals surface area contributed by atoms with E-state index in [2.05, 4.69) is 26.6 Å². The van der Waals surface area contributed by atoms with Gasteiger partial charge in [-0.25, -0.2) is 0 Å². The number of amides is 2. The fourth-order valence-corrected chi connectivity index (χ4v) is 3.18. The van der Waals surface area contributed by atoms with E-state index >= 15 is 0 Å². The largest absolute Gasteiger partial charge is 0.324 e. The number of benzene rings is 2. The monoisotopic (exact) mass is 362 g/mol. The molecule has 3 rings (SSSR count). The Morgan fingerprint density at radius 1 is 1.24 bits per heavy atom. The second kappa shape index (κ2) is 5.91. The Morgan fingerprint density at radius 2 is 2.10 bits per heavy atom. The van der Waals surface area contributed by atoms with Gasteiger partial charge in [0.1, 0.15) is 0 Å². The smallest absolute Gasteiger partial charge is 0.255 e. The van der Waals surface area contributed by atoms with Crippen LogP contribution in [-0.2, 0) is 4.79 Å². The van der Waals surface area contributed by atoms with E-state index in [9.17, 15) is 9.59 Å². The molecule has 0 radical (unpaired) electrons. The van der Waals surface area contributed by atoms with Gasteiger partial charge in [-0.05, 0) is 36.4 Å². The van der Waals surface area contributed by atoms with Gasteiger partial charge in [0, 0.05) is 20.6 Å². The number of thioether (sulfide) groups is 1. The average molecular weight is 363 g/mol. The fourth-order valence-electron chi connectivity index (χ4n) is 1.99. The van der Waals surface area contributed by atoms with E-state index in [1.165, 1.54) is 11.8 Å². The number of carbonyl (C=O) groups excluding carboxylic acids is 2. The number of halogens is 1. The molecule has 0 atom stereocenters. The summed E-state index contributed by atoms with van der Waals surface area (Å²) in [6.07, 6.45) is 0. The van der Waals surface area contributed by atoms with Crippen molar-refractivity contribution in [2.75, 3.05) is 16.4 Å². The molecule has 4 nitrogen and oxygen atoms in total. The van der Waals surface area contributed by atoms with Crippen LogP contribution >= 0.6 is 27.7 Å². The topological polar surface area (TPSA) is 58.2 Å². The fraction of sp³-hybridized carbons (Fsp3) is 0.0667. The molecule has 2 amide bonds. The zero-order chi connectivity index (χ0) is 14.8. The summed E-state index contributed by atoms with van der Waals surface area (Å²) in [4.78, 5) is 24.6. The summed E-state index contributed by atoms with van der Waals surface area (Å²) in [6.45, 7) is 0. The highest BCUT2D eigenvalue weighted by molar-refractivity contribution is 9.10. The highest BCUT2D eigenvalue weighted by atomic mass is 79.9. The minimum absolute atomic E-state index is 0.0250. The first-order chi connectivity index (χ1) is 10.1. The van der Waals surface area contributed by atoms with Crippen molar-refractivity contribution in [1.29, 1.82) is 0 Å². The molecule has 0 fully saturated rings. The van der Waals surface area contributed by atoms with Crippen molar-refractivity contribution < 1.29 is 9.59 Å². The second-order valence-corrected chi connectivity index (χ2v) is 6.45. The highest BCUT2D eigenvalue weighted by Crippen LogP contribution is 2.33. The molecular weight excluding hydrogens is 352 g/mol. The first-order valence-corrected chi connectivity index (χ1v) is 8.03. The molecule has 0 aliphatic carbocycles.